The monoisotopic (exact) mass is 932 g/mol. The summed E-state index contributed by atoms with van der Waals surface area (Å²) in [5.41, 5.74) is 21.0. The van der Waals surface area contributed by atoms with Crippen molar-refractivity contribution in [1.82, 2.24) is 4.57 Å². The van der Waals surface area contributed by atoms with Crippen molar-refractivity contribution in [3.63, 3.8) is 0 Å². The van der Waals surface area contributed by atoms with Crippen LogP contribution < -0.4 is 4.90 Å². The largest absolute Gasteiger partial charge is 0.310 e. The summed E-state index contributed by atoms with van der Waals surface area (Å²) in [6, 6.07) is 98.2. The molecule has 0 fully saturated rings. The summed E-state index contributed by atoms with van der Waals surface area (Å²) in [5.74, 6) is 0. The minimum absolute atomic E-state index is 0.530. The van der Waals surface area contributed by atoms with Crippen molar-refractivity contribution in [2.45, 2.75) is 19.3 Å². The van der Waals surface area contributed by atoms with Crippen LogP contribution in [0.5, 0.6) is 0 Å². The second-order valence-corrected chi connectivity index (χ2v) is 19.2. The van der Waals surface area contributed by atoms with Gasteiger partial charge in [-0.05, 0) is 135 Å². The molecule has 0 atom stereocenters. The van der Waals surface area contributed by atoms with Gasteiger partial charge in [-0.3, -0.25) is 0 Å². The molecule has 73 heavy (non-hydrogen) atoms. The first-order valence-corrected chi connectivity index (χ1v) is 25.4. The third-order valence-corrected chi connectivity index (χ3v) is 15.2. The highest BCUT2D eigenvalue weighted by atomic mass is 15.1. The summed E-state index contributed by atoms with van der Waals surface area (Å²) in [6.07, 6.45) is 4.54. The molecule has 0 unspecified atom stereocenters. The quantitative estimate of drug-likeness (QED) is 0.124. The molecule has 0 aliphatic heterocycles. The van der Waals surface area contributed by atoms with E-state index in [1.165, 1.54) is 93.8 Å². The average molecular weight is 933 g/mol. The van der Waals surface area contributed by atoms with Gasteiger partial charge in [-0.2, -0.15) is 0 Å². The molecule has 12 aromatic rings. The first kappa shape index (κ1) is 43.8. The van der Waals surface area contributed by atoms with Crippen LogP contribution in [0.3, 0.4) is 0 Å². The van der Waals surface area contributed by atoms with Gasteiger partial charge in [0.15, 0.2) is 0 Å². The van der Waals surface area contributed by atoms with E-state index in [2.05, 4.69) is 302 Å². The Morgan fingerprint density at radius 3 is 1.64 bits per heavy atom. The Balaban J connectivity index is 0.970. The van der Waals surface area contributed by atoms with Crippen molar-refractivity contribution in [2.24, 2.45) is 0 Å². The molecule has 0 saturated heterocycles. The van der Waals surface area contributed by atoms with E-state index in [0.717, 1.165) is 28.3 Å². The Morgan fingerprint density at radius 1 is 0.438 bits per heavy atom. The maximum absolute atomic E-state index is 2.47. The van der Waals surface area contributed by atoms with Crippen LogP contribution in [0, 0.1) is 0 Å². The van der Waals surface area contributed by atoms with Crippen LogP contribution in [0.25, 0.3) is 71.7 Å². The van der Waals surface area contributed by atoms with Crippen molar-refractivity contribution in [1.29, 1.82) is 0 Å². The summed E-state index contributed by atoms with van der Waals surface area (Å²) in [4.78, 5) is 2.47. The van der Waals surface area contributed by atoms with Gasteiger partial charge in [-0.25, -0.2) is 0 Å². The second kappa shape index (κ2) is 18.2. The lowest BCUT2D eigenvalue weighted by atomic mass is 9.68. The number of allylic oxidation sites excluding steroid dienone is 4. The summed E-state index contributed by atoms with van der Waals surface area (Å²) < 4.78 is 2.43. The van der Waals surface area contributed by atoms with Crippen molar-refractivity contribution < 1.29 is 0 Å². The van der Waals surface area contributed by atoms with Gasteiger partial charge in [0.1, 0.15) is 0 Å². The van der Waals surface area contributed by atoms with Crippen molar-refractivity contribution in [3.8, 4) is 27.9 Å². The Kier molecular flexibility index (Phi) is 10.9. The highest BCUT2D eigenvalue weighted by Crippen LogP contribution is 2.59. The molecule has 0 bridgehead atoms. The first-order chi connectivity index (χ1) is 36.1. The Bertz CT molecular complexity index is 3990. The van der Waals surface area contributed by atoms with Gasteiger partial charge >= 0.3 is 0 Å². The highest BCUT2D eigenvalue weighted by Gasteiger charge is 2.47. The molecule has 0 spiro atoms. The van der Waals surface area contributed by atoms with E-state index in [1.807, 2.05) is 0 Å². The minimum atomic E-state index is -0.530. The number of hydrogen-bond donors (Lipinski definition) is 0. The van der Waals surface area contributed by atoms with Crippen LogP contribution in [0.2, 0.25) is 0 Å². The summed E-state index contributed by atoms with van der Waals surface area (Å²) in [6.45, 7) is 4.35. The van der Waals surface area contributed by atoms with Gasteiger partial charge in [0.2, 0.25) is 0 Å². The molecule has 0 saturated carbocycles. The Morgan fingerprint density at radius 2 is 0.973 bits per heavy atom. The first-order valence-electron chi connectivity index (χ1n) is 25.4. The van der Waals surface area contributed by atoms with E-state index in [0.29, 0.717) is 0 Å². The molecule has 0 radical (unpaired) electrons. The fourth-order valence-corrected chi connectivity index (χ4v) is 11.9. The van der Waals surface area contributed by atoms with Crippen molar-refractivity contribution in [2.75, 3.05) is 4.90 Å². The molecule has 1 aliphatic carbocycles. The van der Waals surface area contributed by atoms with Crippen LogP contribution in [0.1, 0.15) is 47.2 Å². The van der Waals surface area contributed by atoms with Gasteiger partial charge in [0.05, 0.1) is 27.8 Å². The van der Waals surface area contributed by atoms with E-state index < -0.39 is 5.41 Å². The molecule has 1 aliphatic rings. The molecular weight excluding hydrogens is 881 g/mol. The van der Waals surface area contributed by atoms with E-state index in [4.69, 9.17) is 0 Å². The van der Waals surface area contributed by atoms with E-state index in [9.17, 15) is 0 Å². The lowest BCUT2D eigenvalue weighted by Crippen LogP contribution is -2.28. The predicted molar refractivity (Wildman–Crippen MR) is 309 cm³/mol. The summed E-state index contributed by atoms with van der Waals surface area (Å²) in [5, 5.41) is 5.00. The molecule has 0 N–H and O–H groups in total. The Hall–Kier alpha value is -9.24. The lowest BCUT2D eigenvalue weighted by Gasteiger charge is -2.34. The molecule has 0 amide bonds. The lowest BCUT2D eigenvalue weighted by molar-refractivity contribution is 0.768. The number of para-hydroxylation sites is 3. The minimum Gasteiger partial charge on any atom is -0.310 e. The van der Waals surface area contributed by atoms with Crippen LogP contribution in [-0.2, 0) is 5.41 Å². The SMILES string of the molecule is C/C=C(\C=C(/C)c1ccc(N(c2ccc(-c3ccccc3-n3c4ccccc4c4ccccc43)cc2)c2cccc3c2-c2ccccc2C3(c2ccccc2)c2ccccc2)cc1)c1ccc2ccccc2c1. The normalized spacial score (nSPS) is 13.1. The second-order valence-electron chi connectivity index (χ2n) is 19.2. The standard InChI is InChI=1S/C71H52N2/c1-3-50(55-38-37-52-21-10-11-22-54(52)48-55)47-49(2)51-39-43-58(44-40-51)72(59-45-41-53(42-46-59)60-27-13-17-33-66(60)73-67-34-18-14-28-61(67)62-29-15-19-35-68(62)73)69-36-20-32-65-70(69)63-30-12-16-31-64(63)71(65,56-23-6-4-7-24-56)57-25-8-5-9-26-57/h3-48H,1-2H3/b49-47+,50-3+. The summed E-state index contributed by atoms with van der Waals surface area (Å²) in [7, 11) is 0. The fourth-order valence-electron chi connectivity index (χ4n) is 11.9. The van der Waals surface area contributed by atoms with Gasteiger partial charge in [0, 0.05) is 33.3 Å². The van der Waals surface area contributed by atoms with Gasteiger partial charge in [0.25, 0.3) is 0 Å². The van der Waals surface area contributed by atoms with E-state index in [-0.39, 0.29) is 0 Å². The number of anilines is 3. The summed E-state index contributed by atoms with van der Waals surface area (Å²) >= 11 is 0. The number of benzene rings is 11. The maximum Gasteiger partial charge on any atom is 0.0714 e. The van der Waals surface area contributed by atoms with Gasteiger partial charge in [-0.1, -0.05) is 224 Å². The van der Waals surface area contributed by atoms with Crippen LogP contribution in [0.15, 0.2) is 279 Å². The zero-order valence-corrected chi connectivity index (χ0v) is 41.0. The van der Waals surface area contributed by atoms with E-state index >= 15 is 0 Å². The smallest absolute Gasteiger partial charge is 0.0714 e. The average Bonchev–Trinajstić information content (AvgIpc) is 3.96. The van der Waals surface area contributed by atoms with Crippen molar-refractivity contribution >= 4 is 60.8 Å². The number of hydrogen-bond acceptors (Lipinski definition) is 1. The highest BCUT2D eigenvalue weighted by molar-refractivity contribution is 6.10. The van der Waals surface area contributed by atoms with Crippen LogP contribution in [0.4, 0.5) is 17.1 Å². The predicted octanol–water partition coefficient (Wildman–Crippen LogP) is 18.9. The van der Waals surface area contributed by atoms with Crippen LogP contribution >= 0.6 is 0 Å². The van der Waals surface area contributed by atoms with E-state index in [1.54, 1.807) is 0 Å². The molecule has 2 nitrogen and oxygen atoms in total. The fraction of sp³-hybridized carbons (Fsp3) is 0.0423. The van der Waals surface area contributed by atoms with Gasteiger partial charge in [-0.15, -0.1) is 0 Å². The zero-order valence-electron chi connectivity index (χ0n) is 41.0. The van der Waals surface area contributed by atoms with Crippen LogP contribution in [-0.4, -0.2) is 4.57 Å². The topological polar surface area (TPSA) is 8.17 Å². The molecule has 1 heterocycles. The third kappa shape index (κ3) is 7.25. The Labute approximate surface area is 427 Å². The number of rotatable bonds is 10. The number of nitrogens with zero attached hydrogens (tertiary/aromatic N) is 2. The number of fused-ring (bicyclic) bond motifs is 7. The molecule has 2 heteroatoms. The molecule has 11 aromatic carbocycles. The molecular formula is C71H52N2. The number of aromatic nitrogens is 1. The third-order valence-electron chi connectivity index (χ3n) is 15.2. The zero-order chi connectivity index (χ0) is 48.9. The van der Waals surface area contributed by atoms with Gasteiger partial charge < -0.3 is 9.47 Å². The molecule has 346 valence electrons. The molecule has 13 rings (SSSR count). The maximum atomic E-state index is 2.47. The molecule has 1 aromatic heterocycles. The van der Waals surface area contributed by atoms with Crippen molar-refractivity contribution in [3.05, 3.63) is 312 Å².